The van der Waals surface area contributed by atoms with Crippen LogP contribution in [0.2, 0.25) is 0 Å². The van der Waals surface area contributed by atoms with E-state index in [4.69, 9.17) is 4.74 Å². The molecule has 28 heavy (non-hydrogen) atoms. The third-order valence-electron chi connectivity index (χ3n) is 4.83. The molecule has 3 amide bonds. The van der Waals surface area contributed by atoms with Crippen molar-refractivity contribution < 1.29 is 18.7 Å². The van der Waals surface area contributed by atoms with Crippen molar-refractivity contribution in [2.75, 3.05) is 24.3 Å². The molecule has 0 aromatic heterocycles. The van der Waals surface area contributed by atoms with Gasteiger partial charge >= 0.3 is 6.03 Å². The minimum Gasteiger partial charge on any atom is -0.497 e. The van der Waals surface area contributed by atoms with Gasteiger partial charge in [-0.1, -0.05) is 0 Å². The van der Waals surface area contributed by atoms with Crippen molar-refractivity contribution in [3.8, 4) is 5.75 Å². The maximum absolute atomic E-state index is 13.2. The molecule has 2 N–H and O–H groups in total. The first kappa shape index (κ1) is 18.6. The Morgan fingerprint density at radius 1 is 1.25 bits per heavy atom. The van der Waals surface area contributed by atoms with Gasteiger partial charge in [0.2, 0.25) is 0 Å². The first-order valence-electron chi connectivity index (χ1n) is 8.79. The first-order chi connectivity index (χ1) is 13.2. The lowest BCUT2D eigenvalue weighted by Crippen LogP contribution is -2.49. The predicted molar refractivity (Wildman–Crippen MR) is 107 cm³/mol. The van der Waals surface area contributed by atoms with Crippen molar-refractivity contribution >= 4 is 35.1 Å². The molecule has 6 nitrogen and oxygen atoms in total. The average Bonchev–Trinajstić information content (AvgIpc) is 3.10. The zero-order chi connectivity index (χ0) is 20.1. The number of amides is 3. The van der Waals surface area contributed by atoms with Crippen molar-refractivity contribution in [2.24, 2.45) is 0 Å². The number of carbonyl (C=O) groups is 2. The minimum absolute atomic E-state index is 0.263. The minimum atomic E-state index is -1.20. The molecule has 1 atom stereocenters. The SMILES string of the molecule is COc1ccc2c(c1)C1(SC(C)(C)CN1C(=O)Nc1ccc(F)cc1)C(=O)N2. The van der Waals surface area contributed by atoms with Crippen LogP contribution in [0.3, 0.4) is 0 Å². The second kappa shape index (κ2) is 6.41. The van der Waals surface area contributed by atoms with E-state index in [-0.39, 0.29) is 16.5 Å². The molecule has 1 unspecified atom stereocenters. The van der Waals surface area contributed by atoms with Crippen molar-refractivity contribution in [2.45, 2.75) is 23.5 Å². The van der Waals surface area contributed by atoms with E-state index < -0.39 is 10.9 Å². The average molecular weight is 401 g/mol. The van der Waals surface area contributed by atoms with Gasteiger partial charge < -0.3 is 15.4 Å². The predicted octanol–water partition coefficient (Wildman–Crippen LogP) is 4.00. The van der Waals surface area contributed by atoms with Gasteiger partial charge in [-0.15, -0.1) is 11.8 Å². The molecule has 2 aromatic rings. The zero-order valence-corrected chi connectivity index (χ0v) is 16.5. The fourth-order valence-corrected chi connectivity index (χ4v) is 5.33. The lowest BCUT2D eigenvalue weighted by molar-refractivity contribution is -0.121. The molecular formula is C20H20FN3O3S. The van der Waals surface area contributed by atoms with Crippen LogP contribution in [0.4, 0.5) is 20.6 Å². The van der Waals surface area contributed by atoms with Gasteiger partial charge in [-0.3, -0.25) is 9.69 Å². The number of benzene rings is 2. The highest BCUT2D eigenvalue weighted by Crippen LogP contribution is 2.58. The highest BCUT2D eigenvalue weighted by atomic mass is 32.2. The summed E-state index contributed by atoms with van der Waals surface area (Å²) in [6, 6.07) is 10.4. The molecule has 1 spiro atoms. The highest BCUT2D eigenvalue weighted by Gasteiger charge is 2.61. The molecule has 0 saturated carbocycles. The standard InChI is InChI=1S/C20H20FN3O3S/c1-19(2)11-24(18(26)22-13-6-4-12(21)5-7-13)20(28-19)15-10-14(27-3)8-9-16(15)23-17(20)25/h4-10H,11H2,1-3H3,(H,22,26)(H,23,25). The number of methoxy groups -OCH3 is 1. The molecule has 2 aliphatic rings. The van der Waals surface area contributed by atoms with Crippen LogP contribution in [0, 0.1) is 5.82 Å². The van der Waals surface area contributed by atoms with Gasteiger partial charge in [-0.25, -0.2) is 9.18 Å². The summed E-state index contributed by atoms with van der Waals surface area (Å²) in [4.78, 5) is 26.6. The number of thioether (sulfide) groups is 1. The topological polar surface area (TPSA) is 70.7 Å². The highest BCUT2D eigenvalue weighted by molar-refractivity contribution is 8.02. The number of hydrogen-bond donors (Lipinski definition) is 2. The van der Waals surface area contributed by atoms with Crippen LogP contribution in [0.25, 0.3) is 0 Å². The Hall–Kier alpha value is -2.74. The lowest BCUT2D eigenvalue weighted by Gasteiger charge is -2.32. The maximum Gasteiger partial charge on any atom is 0.323 e. The summed E-state index contributed by atoms with van der Waals surface area (Å²) < 4.78 is 18.1. The molecule has 1 fully saturated rings. The Labute approximate surface area is 166 Å². The number of rotatable bonds is 2. The van der Waals surface area contributed by atoms with Crippen LogP contribution in [0.15, 0.2) is 42.5 Å². The Kier molecular flexibility index (Phi) is 4.26. The van der Waals surface area contributed by atoms with Crippen LogP contribution in [0.5, 0.6) is 5.75 Å². The molecule has 4 rings (SSSR count). The first-order valence-corrected chi connectivity index (χ1v) is 9.61. The fraction of sp³-hybridized carbons (Fsp3) is 0.300. The summed E-state index contributed by atoms with van der Waals surface area (Å²) in [7, 11) is 1.56. The van der Waals surface area contributed by atoms with E-state index in [1.807, 2.05) is 13.8 Å². The monoisotopic (exact) mass is 401 g/mol. The van der Waals surface area contributed by atoms with Crippen molar-refractivity contribution in [3.63, 3.8) is 0 Å². The molecule has 146 valence electrons. The summed E-state index contributed by atoms with van der Waals surface area (Å²) in [6.45, 7) is 4.36. The number of halogens is 1. The molecule has 8 heteroatoms. The van der Waals surface area contributed by atoms with Gasteiger partial charge in [0, 0.05) is 28.2 Å². The van der Waals surface area contributed by atoms with Crippen molar-refractivity contribution in [3.05, 3.63) is 53.8 Å². The van der Waals surface area contributed by atoms with Gasteiger partial charge in [0.25, 0.3) is 5.91 Å². The number of anilines is 2. The Bertz CT molecular complexity index is 964. The smallest absolute Gasteiger partial charge is 0.323 e. The number of nitrogens with zero attached hydrogens (tertiary/aromatic N) is 1. The number of fused-ring (bicyclic) bond motifs is 2. The third kappa shape index (κ3) is 2.88. The number of nitrogens with one attached hydrogen (secondary N) is 2. The van der Waals surface area contributed by atoms with Gasteiger partial charge in [0.15, 0.2) is 4.87 Å². The van der Waals surface area contributed by atoms with E-state index in [0.717, 1.165) is 0 Å². The second-order valence-corrected chi connectivity index (χ2v) is 9.29. The van der Waals surface area contributed by atoms with Gasteiger partial charge in [-0.2, -0.15) is 0 Å². The van der Waals surface area contributed by atoms with Crippen LogP contribution < -0.4 is 15.4 Å². The Morgan fingerprint density at radius 2 is 1.96 bits per heavy atom. The Morgan fingerprint density at radius 3 is 2.64 bits per heavy atom. The van der Waals surface area contributed by atoms with Crippen LogP contribution in [-0.2, 0) is 9.67 Å². The number of hydrogen-bond acceptors (Lipinski definition) is 4. The fourth-order valence-electron chi connectivity index (χ4n) is 3.66. The second-order valence-electron chi connectivity index (χ2n) is 7.39. The normalized spacial score (nSPS) is 22.1. The van der Waals surface area contributed by atoms with Crippen LogP contribution in [-0.4, -0.2) is 35.2 Å². The van der Waals surface area contributed by atoms with E-state index in [2.05, 4.69) is 10.6 Å². The summed E-state index contributed by atoms with van der Waals surface area (Å²) in [5.74, 6) is -0.0390. The van der Waals surface area contributed by atoms with Gasteiger partial charge in [0.1, 0.15) is 11.6 Å². The van der Waals surface area contributed by atoms with E-state index in [1.165, 1.54) is 36.0 Å². The molecular weight excluding hydrogens is 381 g/mol. The van der Waals surface area contributed by atoms with Gasteiger partial charge in [0.05, 0.1) is 7.11 Å². The quantitative estimate of drug-likeness (QED) is 0.798. The molecule has 1 saturated heterocycles. The lowest BCUT2D eigenvalue weighted by atomic mass is 10.0. The molecule has 0 radical (unpaired) electrons. The van der Waals surface area contributed by atoms with Crippen molar-refractivity contribution in [1.82, 2.24) is 4.90 Å². The summed E-state index contributed by atoms with van der Waals surface area (Å²) in [6.07, 6.45) is 0. The van der Waals surface area contributed by atoms with E-state index in [1.54, 1.807) is 30.2 Å². The van der Waals surface area contributed by atoms with E-state index in [9.17, 15) is 14.0 Å². The summed E-state index contributed by atoms with van der Waals surface area (Å²) in [5, 5.41) is 5.66. The number of carbonyl (C=O) groups excluding carboxylic acids is 2. The zero-order valence-electron chi connectivity index (χ0n) is 15.7. The van der Waals surface area contributed by atoms with E-state index >= 15 is 0 Å². The molecule has 2 aromatic carbocycles. The Balaban J connectivity index is 1.75. The molecule has 0 bridgehead atoms. The number of ether oxygens (including phenoxy) is 1. The summed E-state index contributed by atoms with van der Waals surface area (Å²) >= 11 is 1.43. The maximum atomic E-state index is 13.2. The van der Waals surface area contributed by atoms with E-state index in [0.29, 0.717) is 29.2 Å². The van der Waals surface area contributed by atoms with Crippen LogP contribution >= 0.6 is 11.8 Å². The summed E-state index contributed by atoms with van der Waals surface area (Å²) in [5.41, 5.74) is 1.82. The van der Waals surface area contributed by atoms with Crippen LogP contribution in [0.1, 0.15) is 19.4 Å². The third-order valence-corrected chi connectivity index (χ3v) is 6.43. The molecule has 0 aliphatic carbocycles. The molecule has 2 heterocycles. The largest absolute Gasteiger partial charge is 0.497 e. The molecule has 2 aliphatic heterocycles. The number of urea groups is 1. The van der Waals surface area contributed by atoms with Gasteiger partial charge in [-0.05, 0) is 56.3 Å². The van der Waals surface area contributed by atoms with Crippen molar-refractivity contribution in [1.29, 1.82) is 0 Å².